The van der Waals surface area contributed by atoms with E-state index in [2.05, 4.69) is 0 Å². The van der Waals surface area contributed by atoms with Crippen molar-refractivity contribution in [3.8, 4) is 0 Å². The summed E-state index contributed by atoms with van der Waals surface area (Å²) in [5.74, 6) is 0.149. The Morgan fingerprint density at radius 2 is 2.38 bits per heavy atom. The highest BCUT2D eigenvalue weighted by Gasteiger charge is 2.27. The molecule has 1 aliphatic rings. The SMILES string of the molecule is C/C=C(\C)C(=O)N1CCC[C@H]1CN. The summed E-state index contributed by atoms with van der Waals surface area (Å²) in [4.78, 5) is 13.6. The van der Waals surface area contributed by atoms with Crippen LogP contribution < -0.4 is 5.73 Å². The molecule has 74 valence electrons. The van der Waals surface area contributed by atoms with Gasteiger partial charge in [0.05, 0.1) is 0 Å². The Morgan fingerprint density at radius 1 is 1.69 bits per heavy atom. The van der Waals surface area contributed by atoms with E-state index in [1.807, 2.05) is 24.8 Å². The van der Waals surface area contributed by atoms with Crippen LogP contribution in [0.15, 0.2) is 11.6 Å². The van der Waals surface area contributed by atoms with Crippen molar-refractivity contribution in [1.29, 1.82) is 0 Å². The minimum absolute atomic E-state index is 0.149. The first-order chi connectivity index (χ1) is 6.20. The second-order valence-corrected chi connectivity index (χ2v) is 3.50. The summed E-state index contributed by atoms with van der Waals surface area (Å²) in [7, 11) is 0. The van der Waals surface area contributed by atoms with E-state index in [0.717, 1.165) is 25.0 Å². The number of nitrogens with two attached hydrogens (primary N) is 1. The van der Waals surface area contributed by atoms with Crippen molar-refractivity contribution in [1.82, 2.24) is 4.90 Å². The quantitative estimate of drug-likeness (QED) is 0.645. The molecular formula is C10H18N2O. The predicted molar refractivity (Wildman–Crippen MR) is 53.2 cm³/mol. The molecule has 1 amide bonds. The van der Waals surface area contributed by atoms with Crippen LogP contribution in [0.25, 0.3) is 0 Å². The number of amides is 1. The number of rotatable bonds is 2. The summed E-state index contributed by atoms with van der Waals surface area (Å²) in [6.45, 7) is 5.20. The minimum atomic E-state index is 0.149. The zero-order valence-electron chi connectivity index (χ0n) is 8.42. The molecule has 0 aliphatic carbocycles. The van der Waals surface area contributed by atoms with Crippen LogP contribution in [-0.4, -0.2) is 29.9 Å². The van der Waals surface area contributed by atoms with Gasteiger partial charge >= 0.3 is 0 Å². The molecule has 0 aromatic heterocycles. The second kappa shape index (κ2) is 4.42. The Labute approximate surface area is 79.6 Å². The number of carbonyl (C=O) groups is 1. The third-order valence-electron chi connectivity index (χ3n) is 2.68. The van der Waals surface area contributed by atoms with Crippen molar-refractivity contribution in [2.75, 3.05) is 13.1 Å². The molecule has 0 radical (unpaired) electrons. The molecule has 0 spiro atoms. The van der Waals surface area contributed by atoms with Crippen LogP contribution in [0.2, 0.25) is 0 Å². The van der Waals surface area contributed by atoms with E-state index in [1.165, 1.54) is 0 Å². The number of carbonyl (C=O) groups excluding carboxylic acids is 1. The molecule has 2 N–H and O–H groups in total. The fraction of sp³-hybridized carbons (Fsp3) is 0.700. The van der Waals surface area contributed by atoms with Gasteiger partial charge in [0.15, 0.2) is 0 Å². The second-order valence-electron chi connectivity index (χ2n) is 3.50. The number of hydrogen-bond donors (Lipinski definition) is 1. The van der Waals surface area contributed by atoms with E-state index in [9.17, 15) is 4.79 Å². The maximum atomic E-state index is 11.7. The molecule has 0 unspecified atom stereocenters. The first kappa shape index (κ1) is 10.3. The molecule has 0 aromatic carbocycles. The molecule has 3 heteroatoms. The van der Waals surface area contributed by atoms with Crippen molar-refractivity contribution < 1.29 is 4.79 Å². The third-order valence-corrected chi connectivity index (χ3v) is 2.68. The first-order valence-electron chi connectivity index (χ1n) is 4.84. The molecule has 3 nitrogen and oxygen atoms in total. The van der Waals surface area contributed by atoms with Crippen LogP contribution in [-0.2, 0) is 4.79 Å². The Balaban J connectivity index is 2.65. The van der Waals surface area contributed by atoms with Crippen molar-refractivity contribution in [2.45, 2.75) is 32.7 Å². The van der Waals surface area contributed by atoms with Crippen molar-refractivity contribution >= 4 is 5.91 Å². The maximum Gasteiger partial charge on any atom is 0.249 e. The molecule has 1 aliphatic heterocycles. The predicted octanol–water partition coefficient (Wildman–Crippen LogP) is 0.902. The number of nitrogens with zero attached hydrogens (tertiary/aromatic N) is 1. The topological polar surface area (TPSA) is 46.3 Å². The Morgan fingerprint density at radius 3 is 2.92 bits per heavy atom. The van der Waals surface area contributed by atoms with Gasteiger partial charge < -0.3 is 10.6 Å². The molecule has 13 heavy (non-hydrogen) atoms. The van der Waals surface area contributed by atoms with Gasteiger partial charge in [0.25, 0.3) is 0 Å². The summed E-state index contributed by atoms with van der Waals surface area (Å²) >= 11 is 0. The lowest BCUT2D eigenvalue weighted by molar-refractivity contribution is -0.127. The average molecular weight is 182 g/mol. The van der Waals surface area contributed by atoms with Crippen LogP contribution in [0.4, 0.5) is 0 Å². The van der Waals surface area contributed by atoms with Gasteiger partial charge in [-0.3, -0.25) is 4.79 Å². The third kappa shape index (κ3) is 2.10. The maximum absolute atomic E-state index is 11.7. The molecule has 1 heterocycles. The summed E-state index contributed by atoms with van der Waals surface area (Å²) < 4.78 is 0. The van der Waals surface area contributed by atoms with Crippen LogP contribution in [0.5, 0.6) is 0 Å². The lowest BCUT2D eigenvalue weighted by Gasteiger charge is -2.23. The van der Waals surface area contributed by atoms with E-state index in [4.69, 9.17) is 5.73 Å². The van der Waals surface area contributed by atoms with E-state index in [0.29, 0.717) is 6.54 Å². The van der Waals surface area contributed by atoms with E-state index >= 15 is 0 Å². The van der Waals surface area contributed by atoms with Crippen molar-refractivity contribution in [3.05, 3.63) is 11.6 Å². The zero-order chi connectivity index (χ0) is 9.84. The molecule has 1 saturated heterocycles. The molecule has 1 atom stereocenters. The van der Waals surface area contributed by atoms with Crippen LogP contribution in [0, 0.1) is 0 Å². The van der Waals surface area contributed by atoms with Crippen LogP contribution >= 0.6 is 0 Å². The van der Waals surface area contributed by atoms with Gasteiger partial charge in [0.2, 0.25) is 5.91 Å². The van der Waals surface area contributed by atoms with Gasteiger partial charge in [0, 0.05) is 24.7 Å². The largest absolute Gasteiger partial charge is 0.335 e. The van der Waals surface area contributed by atoms with Gasteiger partial charge in [0.1, 0.15) is 0 Å². The Hall–Kier alpha value is -0.830. The van der Waals surface area contributed by atoms with Crippen LogP contribution in [0.3, 0.4) is 0 Å². The molecular weight excluding hydrogens is 164 g/mol. The van der Waals surface area contributed by atoms with Gasteiger partial charge in [-0.15, -0.1) is 0 Å². The molecule has 0 saturated carbocycles. The summed E-state index contributed by atoms with van der Waals surface area (Å²) in [5, 5.41) is 0. The van der Waals surface area contributed by atoms with Gasteiger partial charge in [-0.25, -0.2) is 0 Å². The van der Waals surface area contributed by atoms with Crippen molar-refractivity contribution in [3.63, 3.8) is 0 Å². The summed E-state index contributed by atoms with van der Waals surface area (Å²) in [6, 6.07) is 0.266. The summed E-state index contributed by atoms with van der Waals surface area (Å²) in [5.41, 5.74) is 6.41. The van der Waals surface area contributed by atoms with Gasteiger partial charge in [-0.1, -0.05) is 6.08 Å². The molecule has 0 bridgehead atoms. The van der Waals surface area contributed by atoms with Crippen molar-refractivity contribution in [2.24, 2.45) is 5.73 Å². The highest BCUT2D eigenvalue weighted by Crippen LogP contribution is 2.18. The molecule has 1 rings (SSSR count). The fourth-order valence-corrected chi connectivity index (χ4v) is 1.70. The number of allylic oxidation sites excluding steroid dienone is 1. The normalized spacial score (nSPS) is 23.8. The van der Waals surface area contributed by atoms with E-state index < -0.39 is 0 Å². The summed E-state index contributed by atoms with van der Waals surface area (Å²) in [6.07, 6.45) is 4.00. The van der Waals surface area contributed by atoms with E-state index in [-0.39, 0.29) is 11.9 Å². The van der Waals surface area contributed by atoms with Crippen LogP contribution in [0.1, 0.15) is 26.7 Å². The molecule has 0 aromatic rings. The fourth-order valence-electron chi connectivity index (χ4n) is 1.70. The van der Waals surface area contributed by atoms with Gasteiger partial charge in [-0.05, 0) is 26.7 Å². The lowest BCUT2D eigenvalue weighted by atomic mass is 10.2. The average Bonchev–Trinajstić information content (AvgIpc) is 2.62. The number of hydrogen-bond acceptors (Lipinski definition) is 2. The smallest absolute Gasteiger partial charge is 0.249 e. The monoisotopic (exact) mass is 182 g/mol. The van der Waals surface area contributed by atoms with Gasteiger partial charge in [-0.2, -0.15) is 0 Å². The Bertz CT molecular complexity index is 223. The Kier molecular flexibility index (Phi) is 3.48. The molecule has 1 fully saturated rings. The number of likely N-dealkylation sites (tertiary alicyclic amines) is 1. The standard InChI is InChI=1S/C10H18N2O/c1-3-8(2)10(13)12-6-4-5-9(12)7-11/h3,9H,4-7,11H2,1-2H3/b8-3+/t9-/m0/s1. The first-order valence-corrected chi connectivity index (χ1v) is 4.84. The zero-order valence-corrected chi connectivity index (χ0v) is 8.42. The minimum Gasteiger partial charge on any atom is -0.335 e. The highest BCUT2D eigenvalue weighted by atomic mass is 16.2. The van der Waals surface area contributed by atoms with E-state index in [1.54, 1.807) is 0 Å². The highest BCUT2D eigenvalue weighted by molar-refractivity contribution is 5.93. The lowest BCUT2D eigenvalue weighted by Crippen LogP contribution is -2.40.